The van der Waals surface area contributed by atoms with E-state index < -0.39 is 10.0 Å². The van der Waals surface area contributed by atoms with Crippen LogP contribution in [0.1, 0.15) is 5.82 Å². The maximum absolute atomic E-state index is 12.2. The second kappa shape index (κ2) is 5.30. The molecule has 0 fully saturated rings. The second-order valence-electron chi connectivity index (χ2n) is 3.68. The van der Waals surface area contributed by atoms with Crippen LogP contribution in [0.2, 0.25) is 0 Å². The third-order valence-electron chi connectivity index (χ3n) is 2.39. The minimum atomic E-state index is -3.66. The van der Waals surface area contributed by atoms with E-state index in [4.69, 9.17) is 5.84 Å². The van der Waals surface area contributed by atoms with Gasteiger partial charge in [-0.3, -0.25) is 5.43 Å². The molecule has 0 amide bonds. The van der Waals surface area contributed by atoms with Crippen molar-refractivity contribution in [3.05, 3.63) is 30.6 Å². The number of nitrogens with zero attached hydrogens (tertiary/aromatic N) is 4. The van der Waals surface area contributed by atoms with E-state index in [1.54, 1.807) is 12.4 Å². The van der Waals surface area contributed by atoms with Crippen LogP contribution in [0.25, 0.3) is 0 Å². The van der Waals surface area contributed by atoms with Gasteiger partial charge in [0, 0.05) is 19.4 Å². The van der Waals surface area contributed by atoms with Gasteiger partial charge in [0.25, 0.3) is 0 Å². The summed E-state index contributed by atoms with van der Waals surface area (Å²) in [6.45, 7) is 0.131. The van der Waals surface area contributed by atoms with Crippen LogP contribution in [-0.2, 0) is 16.6 Å². The number of anilines is 1. The first-order chi connectivity index (χ1) is 9.04. The average molecular weight is 283 g/mol. The topological polar surface area (TPSA) is 130 Å². The minimum Gasteiger partial charge on any atom is -0.347 e. The Labute approximate surface area is 109 Å². The Morgan fingerprint density at radius 2 is 2.05 bits per heavy atom. The van der Waals surface area contributed by atoms with E-state index in [1.807, 2.05) is 0 Å². The molecule has 2 rings (SSSR count). The third kappa shape index (κ3) is 2.86. The van der Waals surface area contributed by atoms with Gasteiger partial charge in [0.15, 0.2) is 0 Å². The number of nitrogen functional groups attached to an aromatic ring is 1. The van der Waals surface area contributed by atoms with Gasteiger partial charge in [-0.25, -0.2) is 29.2 Å². The van der Waals surface area contributed by atoms with Crippen LogP contribution in [0.3, 0.4) is 0 Å². The molecule has 0 bridgehead atoms. The largest absolute Gasteiger partial charge is 0.347 e. The van der Waals surface area contributed by atoms with Gasteiger partial charge in [-0.05, 0) is 0 Å². The molecular formula is C9H13N7O2S. The summed E-state index contributed by atoms with van der Waals surface area (Å²) < 4.78 is 25.6. The quantitative estimate of drug-likeness (QED) is 0.489. The second-order valence-corrected chi connectivity index (χ2v) is 5.73. The lowest BCUT2D eigenvalue weighted by atomic mass is 10.6. The summed E-state index contributed by atoms with van der Waals surface area (Å²) in [5, 5.41) is 0. The normalized spacial score (nSPS) is 11.7. The van der Waals surface area contributed by atoms with Crippen molar-refractivity contribution < 1.29 is 8.42 Å². The van der Waals surface area contributed by atoms with Crippen molar-refractivity contribution in [1.29, 1.82) is 0 Å². The molecule has 10 heteroatoms. The smallest absolute Gasteiger partial charge is 0.246 e. The SMILES string of the molecule is CN(Cc1ncc[nH]1)S(=O)(=O)c1cnc(NN)nc1. The molecule has 2 heterocycles. The van der Waals surface area contributed by atoms with Gasteiger partial charge in [-0.15, -0.1) is 0 Å². The number of imidazole rings is 1. The maximum atomic E-state index is 12.2. The highest BCUT2D eigenvalue weighted by Gasteiger charge is 2.22. The van der Waals surface area contributed by atoms with E-state index in [0.717, 1.165) is 4.31 Å². The number of rotatable bonds is 5. The van der Waals surface area contributed by atoms with Crippen molar-refractivity contribution in [1.82, 2.24) is 24.2 Å². The van der Waals surface area contributed by atoms with Crippen molar-refractivity contribution >= 4 is 16.0 Å². The van der Waals surface area contributed by atoms with Crippen LogP contribution in [0.15, 0.2) is 29.7 Å². The van der Waals surface area contributed by atoms with Gasteiger partial charge >= 0.3 is 0 Å². The zero-order valence-corrected chi connectivity index (χ0v) is 10.9. The highest BCUT2D eigenvalue weighted by atomic mass is 32.2. The number of nitrogens with two attached hydrogens (primary N) is 1. The summed E-state index contributed by atoms with van der Waals surface area (Å²) >= 11 is 0. The predicted molar refractivity (Wildman–Crippen MR) is 67.1 cm³/mol. The fourth-order valence-electron chi connectivity index (χ4n) is 1.38. The molecule has 0 saturated carbocycles. The Balaban J connectivity index is 2.20. The lowest BCUT2D eigenvalue weighted by molar-refractivity contribution is 0.457. The number of hydrazine groups is 1. The summed E-state index contributed by atoms with van der Waals surface area (Å²) in [5.74, 6) is 5.81. The molecule has 0 saturated heterocycles. The Morgan fingerprint density at radius 3 is 2.58 bits per heavy atom. The van der Waals surface area contributed by atoms with Gasteiger partial charge in [-0.1, -0.05) is 0 Å². The lowest BCUT2D eigenvalue weighted by Gasteiger charge is -2.15. The first kappa shape index (κ1) is 13.4. The zero-order chi connectivity index (χ0) is 13.9. The summed E-state index contributed by atoms with van der Waals surface area (Å²) in [6.07, 6.45) is 5.56. The number of aromatic amines is 1. The van der Waals surface area contributed by atoms with Crippen LogP contribution < -0.4 is 11.3 Å². The third-order valence-corrected chi connectivity index (χ3v) is 4.15. The molecule has 4 N–H and O–H groups in total. The molecule has 2 aromatic rings. The number of nitrogens with one attached hydrogen (secondary N) is 2. The molecule has 9 nitrogen and oxygen atoms in total. The molecule has 0 aliphatic carbocycles. The van der Waals surface area contributed by atoms with E-state index in [0.29, 0.717) is 5.82 Å². The number of H-pyrrole nitrogens is 1. The van der Waals surface area contributed by atoms with E-state index in [1.165, 1.54) is 19.4 Å². The first-order valence-electron chi connectivity index (χ1n) is 5.27. The van der Waals surface area contributed by atoms with Crippen LogP contribution in [0.5, 0.6) is 0 Å². The van der Waals surface area contributed by atoms with Crippen molar-refractivity contribution in [3.8, 4) is 0 Å². The van der Waals surface area contributed by atoms with Crippen LogP contribution in [-0.4, -0.2) is 39.7 Å². The minimum absolute atomic E-state index is 0.0134. The van der Waals surface area contributed by atoms with Gasteiger partial charge in [-0.2, -0.15) is 4.31 Å². The van der Waals surface area contributed by atoms with Crippen molar-refractivity contribution in [2.45, 2.75) is 11.4 Å². The lowest BCUT2D eigenvalue weighted by Crippen LogP contribution is -2.27. The molecule has 0 aliphatic rings. The Hall–Kier alpha value is -2.04. The van der Waals surface area contributed by atoms with Gasteiger partial charge in [0.05, 0.1) is 18.9 Å². The molecule has 19 heavy (non-hydrogen) atoms. The first-order valence-corrected chi connectivity index (χ1v) is 6.71. The predicted octanol–water partition coefficient (Wildman–Crippen LogP) is -0.694. The van der Waals surface area contributed by atoms with Crippen molar-refractivity contribution in [2.24, 2.45) is 5.84 Å². The Bertz CT molecular complexity index is 623. The van der Waals surface area contributed by atoms with Crippen molar-refractivity contribution in [2.75, 3.05) is 12.5 Å². The maximum Gasteiger partial charge on any atom is 0.246 e. The number of hydrogen-bond acceptors (Lipinski definition) is 7. The van der Waals surface area contributed by atoms with E-state index in [-0.39, 0.29) is 17.4 Å². The standard InChI is InChI=1S/C9H13N7O2S/c1-16(6-8-11-2-3-12-8)19(17,18)7-4-13-9(15-10)14-5-7/h2-5H,6,10H2,1H3,(H,11,12)(H,13,14,15). The van der Waals surface area contributed by atoms with Gasteiger partial charge < -0.3 is 4.98 Å². The fraction of sp³-hybridized carbons (Fsp3) is 0.222. The van der Waals surface area contributed by atoms with Crippen LogP contribution in [0, 0.1) is 0 Å². The van der Waals surface area contributed by atoms with Crippen LogP contribution in [0.4, 0.5) is 5.95 Å². The molecule has 0 aliphatic heterocycles. The highest BCUT2D eigenvalue weighted by molar-refractivity contribution is 7.89. The summed E-state index contributed by atoms with van der Waals surface area (Å²) in [4.78, 5) is 14.3. The summed E-state index contributed by atoms with van der Waals surface area (Å²) in [5.41, 5.74) is 2.23. The Morgan fingerprint density at radius 1 is 1.37 bits per heavy atom. The monoisotopic (exact) mass is 283 g/mol. The number of hydrogen-bond donors (Lipinski definition) is 3. The number of sulfonamides is 1. The van der Waals surface area contributed by atoms with E-state index in [9.17, 15) is 8.42 Å². The summed E-state index contributed by atoms with van der Waals surface area (Å²) in [6, 6.07) is 0. The Kier molecular flexibility index (Phi) is 3.74. The number of aromatic nitrogens is 4. The van der Waals surface area contributed by atoms with Crippen molar-refractivity contribution in [3.63, 3.8) is 0 Å². The highest BCUT2D eigenvalue weighted by Crippen LogP contribution is 2.14. The van der Waals surface area contributed by atoms with Gasteiger partial charge in [0.1, 0.15) is 10.7 Å². The van der Waals surface area contributed by atoms with Crippen LogP contribution >= 0.6 is 0 Å². The molecule has 2 aromatic heterocycles. The van der Waals surface area contributed by atoms with Gasteiger partial charge in [0.2, 0.25) is 16.0 Å². The average Bonchev–Trinajstić information content (AvgIpc) is 2.91. The molecule has 102 valence electrons. The molecule has 0 spiro atoms. The molecule has 0 aromatic carbocycles. The molecule has 0 unspecified atom stereocenters. The molecule has 0 radical (unpaired) electrons. The molecule has 0 atom stereocenters. The molecular weight excluding hydrogens is 270 g/mol. The zero-order valence-electron chi connectivity index (χ0n) is 10.1. The van der Waals surface area contributed by atoms with E-state index in [2.05, 4.69) is 25.4 Å². The van der Waals surface area contributed by atoms with E-state index >= 15 is 0 Å². The summed E-state index contributed by atoms with van der Waals surface area (Å²) in [7, 11) is -2.21. The fourth-order valence-corrected chi connectivity index (χ4v) is 2.41.